The van der Waals surface area contributed by atoms with Crippen molar-refractivity contribution in [3.63, 3.8) is 0 Å². The largest absolute Gasteiger partial charge is 0.460 e. The number of nitro benzene ring substituents is 1. The Morgan fingerprint density at radius 1 is 1.14 bits per heavy atom. The smallest absolute Gasteiger partial charge is 0.337 e. The zero-order chi connectivity index (χ0) is 26.0. The number of rotatable bonds is 7. The Morgan fingerprint density at radius 3 is 2.42 bits per heavy atom. The molecule has 3 aromatic rings. The van der Waals surface area contributed by atoms with Crippen LogP contribution in [0.25, 0.3) is 0 Å². The molecule has 0 radical (unpaired) electrons. The van der Waals surface area contributed by atoms with E-state index in [9.17, 15) is 19.7 Å². The molecule has 9 nitrogen and oxygen atoms in total. The average Bonchev–Trinajstić information content (AvgIpc) is 2.82. The molecule has 2 N–H and O–H groups in total. The maximum atomic E-state index is 13.4. The van der Waals surface area contributed by atoms with E-state index in [1.807, 2.05) is 31.2 Å². The highest BCUT2D eigenvalue weighted by Crippen LogP contribution is 2.40. The maximum absolute atomic E-state index is 13.4. The van der Waals surface area contributed by atoms with Crippen LogP contribution >= 0.6 is 11.8 Å². The molecule has 1 atom stereocenters. The lowest BCUT2D eigenvalue weighted by Crippen LogP contribution is -2.31. The van der Waals surface area contributed by atoms with Crippen molar-refractivity contribution in [2.24, 2.45) is 0 Å². The molecule has 0 aliphatic carbocycles. The molecule has 36 heavy (non-hydrogen) atoms. The van der Waals surface area contributed by atoms with Crippen LogP contribution in [0, 0.1) is 17.0 Å². The number of fused-ring (bicyclic) bond motifs is 1. The van der Waals surface area contributed by atoms with E-state index < -0.39 is 16.8 Å². The Bertz CT molecular complexity index is 1400. The van der Waals surface area contributed by atoms with E-state index in [-0.39, 0.29) is 17.4 Å². The summed E-state index contributed by atoms with van der Waals surface area (Å²) in [4.78, 5) is 44.3. The third-order valence-corrected chi connectivity index (χ3v) is 6.66. The van der Waals surface area contributed by atoms with Crippen LogP contribution in [0.5, 0.6) is 0 Å². The van der Waals surface area contributed by atoms with E-state index in [1.165, 1.54) is 23.9 Å². The molecule has 0 spiro atoms. The van der Waals surface area contributed by atoms with Crippen LogP contribution in [0.1, 0.15) is 48.9 Å². The van der Waals surface area contributed by atoms with Crippen molar-refractivity contribution in [1.29, 1.82) is 0 Å². The number of nitrogens with one attached hydrogen (secondary N) is 2. The van der Waals surface area contributed by atoms with E-state index in [4.69, 9.17) is 4.74 Å². The number of carbonyl (C=O) groups is 1. The maximum Gasteiger partial charge on any atom is 0.337 e. The molecular weight excluding hydrogens is 480 g/mol. The first kappa shape index (κ1) is 25.2. The number of anilines is 1. The van der Waals surface area contributed by atoms with Crippen molar-refractivity contribution in [2.75, 3.05) is 5.32 Å². The monoisotopic (exact) mass is 506 g/mol. The summed E-state index contributed by atoms with van der Waals surface area (Å²) in [5.41, 5.74) is 3.66. The number of allylic oxidation sites excluding steroid dienone is 1. The fourth-order valence-electron chi connectivity index (χ4n) is 4.01. The summed E-state index contributed by atoms with van der Waals surface area (Å²) in [7, 11) is 0. The lowest BCUT2D eigenvalue weighted by Gasteiger charge is -2.29. The Kier molecular flexibility index (Phi) is 7.25. The van der Waals surface area contributed by atoms with Crippen molar-refractivity contribution < 1.29 is 14.5 Å². The van der Waals surface area contributed by atoms with Crippen molar-refractivity contribution in [1.82, 2.24) is 9.97 Å². The third kappa shape index (κ3) is 5.33. The summed E-state index contributed by atoms with van der Waals surface area (Å²) in [5, 5.41) is 14.4. The topological polar surface area (TPSA) is 127 Å². The van der Waals surface area contributed by atoms with Crippen LogP contribution in [-0.2, 0) is 15.3 Å². The number of hydrogen-bond donors (Lipinski definition) is 2. The average molecular weight is 507 g/mol. The zero-order valence-corrected chi connectivity index (χ0v) is 21.1. The van der Waals surface area contributed by atoms with Crippen LogP contribution in [-0.4, -0.2) is 27.0 Å². The molecular formula is C26H26N4O5S. The number of H-pyrrole nitrogens is 1. The second kappa shape index (κ2) is 10.4. The van der Waals surface area contributed by atoms with Crippen molar-refractivity contribution in [3.05, 3.63) is 103 Å². The normalized spacial score (nSPS) is 14.9. The van der Waals surface area contributed by atoms with Gasteiger partial charge in [0.25, 0.3) is 11.2 Å². The Morgan fingerprint density at radius 2 is 1.81 bits per heavy atom. The molecule has 0 saturated carbocycles. The lowest BCUT2D eigenvalue weighted by molar-refractivity contribution is -0.384. The standard InChI is InChI=1S/C26H26N4O5S/c1-14(2)35-25(32)20-16(4)27-23-22(21(20)18-9-5-15(3)6-10-18)24(31)29-26(28-23)36-13-17-7-11-19(12-8-17)30(33)34/h5-12,14,21H,13H2,1-4H3,(H2,27,28,29,31). The van der Waals surface area contributed by atoms with Gasteiger partial charge in [0.15, 0.2) is 5.16 Å². The van der Waals surface area contributed by atoms with Crippen LogP contribution in [0.15, 0.2) is 69.8 Å². The first-order valence-corrected chi connectivity index (χ1v) is 12.4. The molecule has 1 aliphatic rings. The molecule has 1 unspecified atom stereocenters. The molecule has 0 saturated heterocycles. The van der Waals surface area contributed by atoms with Gasteiger partial charge in [-0.15, -0.1) is 0 Å². The van der Waals surface area contributed by atoms with Gasteiger partial charge in [-0.1, -0.05) is 53.7 Å². The Hall–Kier alpha value is -3.92. The highest BCUT2D eigenvalue weighted by Gasteiger charge is 2.36. The Labute approximate surface area is 212 Å². The number of hydrogen-bond acceptors (Lipinski definition) is 8. The number of thioether (sulfide) groups is 1. The SMILES string of the molecule is CC1=C(C(=O)OC(C)C)C(c2ccc(C)cc2)c2c(nc(SCc3ccc([N+](=O)[O-])cc3)[nH]c2=O)N1. The van der Waals surface area contributed by atoms with Gasteiger partial charge in [0.2, 0.25) is 0 Å². The van der Waals surface area contributed by atoms with Gasteiger partial charge in [-0.25, -0.2) is 9.78 Å². The molecule has 0 bridgehead atoms. The molecule has 0 amide bonds. The van der Waals surface area contributed by atoms with E-state index in [0.29, 0.717) is 33.6 Å². The minimum absolute atomic E-state index is 0.0180. The number of nitro groups is 1. The highest BCUT2D eigenvalue weighted by atomic mass is 32.2. The molecule has 2 heterocycles. The van der Waals surface area contributed by atoms with Crippen molar-refractivity contribution >= 4 is 29.2 Å². The number of carbonyl (C=O) groups excluding carboxylic acids is 1. The molecule has 1 aliphatic heterocycles. The predicted molar refractivity (Wildman–Crippen MR) is 138 cm³/mol. The number of non-ortho nitro benzene ring substituents is 1. The van der Waals surface area contributed by atoms with Crippen LogP contribution in [0.4, 0.5) is 11.5 Å². The van der Waals surface area contributed by atoms with E-state index in [0.717, 1.165) is 16.7 Å². The fraction of sp³-hybridized carbons (Fsp3) is 0.269. The number of ether oxygens (including phenoxy) is 1. The van der Waals surface area contributed by atoms with Crippen molar-refractivity contribution in [2.45, 2.75) is 50.6 Å². The number of esters is 1. The van der Waals surface area contributed by atoms with Gasteiger partial charge in [-0.2, -0.15) is 0 Å². The van der Waals surface area contributed by atoms with Crippen LogP contribution in [0.3, 0.4) is 0 Å². The zero-order valence-electron chi connectivity index (χ0n) is 20.3. The highest BCUT2D eigenvalue weighted by molar-refractivity contribution is 7.98. The minimum atomic E-state index is -0.641. The first-order valence-electron chi connectivity index (χ1n) is 11.4. The van der Waals surface area contributed by atoms with Gasteiger partial charge in [0.05, 0.1) is 28.1 Å². The molecule has 1 aromatic heterocycles. The third-order valence-electron chi connectivity index (χ3n) is 5.72. The number of aryl methyl sites for hydroxylation is 1. The van der Waals surface area contributed by atoms with E-state index in [2.05, 4.69) is 15.3 Å². The van der Waals surface area contributed by atoms with Crippen LogP contribution < -0.4 is 10.9 Å². The van der Waals surface area contributed by atoms with E-state index in [1.54, 1.807) is 32.9 Å². The first-order chi connectivity index (χ1) is 17.1. The van der Waals surface area contributed by atoms with Gasteiger partial charge in [0.1, 0.15) is 5.82 Å². The number of aromatic nitrogens is 2. The summed E-state index contributed by atoms with van der Waals surface area (Å²) in [5.74, 6) is -0.281. The second-order valence-electron chi connectivity index (χ2n) is 8.81. The summed E-state index contributed by atoms with van der Waals surface area (Å²) < 4.78 is 5.51. The van der Waals surface area contributed by atoms with Crippen LogP contribution in [0.2, 0.25) is 0 Å². The molecule has 10 heteroatoms. The summed E-state index contributed by atoms with van der Waals surface area (Å²) in [6.07, 6.45) is -0.313. The number of aromatic amines is 1. The molecule has 4 rings (SSSR count). The fourth-order valence-corrected chi connectivity index (χ4v) is 4.82. The number of benzene rings is 2. The van der Waals surface area contributed by atoms with E-state index >= 15 is 0 Å². The summed E-state index contributed by atoms with van der Waals surface area (Å²) in [6, 6.07) is 13.9. The number of nitrogens with zero attached hydrogens (tertiary/aromatic N) is 2. The van der Waals surface area contributed by atoms with Gasteiger partial charge in [0, 0.05) is 23.6 Å². The summed E-state index contributed by atoms with van der Waals surface area (Å²) in [6.45, 7) is 7.30. The van der Waals surface area contributed by atoms with Gasteiger partial charge >= 0.3 is 5.97 Å². The van der Waals surface area contributed by atoms with Crippen molar-refractivity contribution in [3.8, 4) is 0 Å². The van der Waals surface area contributed by atoms with Gasteiger partial charge in [-0.3, -0.25) is 14.9 Å². The predicted octanol–water partition coefficient (Wildman–Crippen LogP) is 5.06. The minimum Gasteiger partial charge on any atom is -0.460 e. The second-order valence-corrected chi connectivity index (χ2v) is 9.77. The molecule has 0 fully saturated rings. The Balaban J connectivity index is 1.70. The summed E-state index contributed by atoms with van der Waals surface area (Å²) >= 11 is 1.31. The quantitative estimate of drug-likeness (QED) is 0.150. The molecule has 186 valence electrons. The molecule has 2 aromatic carbocycles. The van der Waals surface area contributed by atoms with Gasteiger partial charge in [-0.05, 0) is 38.8 Å². The van der Waals surface area contributed by atoms with Gasteiger partial charge < -0.3 is 15.0 Å². The lowest BCUT2D eigenvalue weighted by atomic mass is 9.82.